The van der Waals surface area contributed by atoms with Crippen molar-refractivity contribution in [2.75, 3.05) is 18.4 Å². The molecule has 1 fully saturated rings. The predicted octanol–water partition coefficient (Wildman–Crippen LogP) is 3.46. The smallest absolute Gasteiger partial charge is 0.338 e. The number of carbonyl (C=O) groups excluding carboxylic acids is 2. The maximum absolute atomic E-state index is 13.7. The van der Waals surface area contributed by atoms with Gasteiger partial charge in [0.25, 0.3) is 5.91 Å². The highest BCUT2D eigenvalue weighted by atomic mass is 35.5. The summed E-state index contributed by atoms with van der Waals surface area (Å²) in [6, 6.07) is 9.26. The summed E-state index contributed by atoms with van der Waals surface area (Å²) in [6.07, 6.45) is -1.87. The first-order valence-corrected chi connectivity index (χ1v) is 12.0. The van der Waals surface area contributed by atoms with Gasteiger partial charge in [0.15, 0.2) is 6.10 Å². The van der Waals surface area contributed by atoms with Crippen molar-refractivity contribution in [3.05, 3.63) is 58.9 Å². The van der Waals surface area contributed by atoms with Crippen molar-refractivity contribution in [3.63, 3.8) is 0 Å². The van der Waals surface area contributed by atoms with Gasteiger partial charge in [-0.25, -0.2) is 17.6 Å². The first kappa shape index (κ1) is 25.1. The molecule has 1 amide bonds. The molecular formula is C22H24ClFN2O6S. The van der Waals surface area contributed by atoms with Crippen LogP contribution in [-0.4, -0.2) is 56.0 Å². The van der Waals surface area contributed by atoms with E-state index in [0.29, 0.717) is 0 Å². The van der Waals surface area contributed by atoms with Crippen molar-refractivity contribution in [2.45, 2.75) is 44.0 Å². The average molecular weight is 499 g/mol. The van der Waals surface area contributed by atoms with Gasteiger partial charge in [0.1, 0.15) is 10.7 Å². The molecule has 0 bridgehead atoms. The molecule has 0 radical (unpaired) electrons. The van der Waals surface area contributed by atoms with Crippen LogP contribution in [0.1, 0.15) is 31.1 Å². The highest BCUT2D eigenvalue weighted by molar-refractivity contribution is 7.89. The van der Waals surface area contributed by atoms with Gasteiger partial charge in [-0.1, -0.05) is 23.7 Å². The zero-order valence-corrected chi connectivity index (χ0v) is 19.8. The Bertz CT molecular complexity index is 1150. The van der Waals surface area contributed by atoms with E-state index < -0.39 is 33.8 Å². The van der Waals surface area contributed by atoms with Crippen molar-refractivity contribution >= 4 is 39.2 Å². The van der Waals surface area contributed by atoms with E-state index in [-0.39, 0.29) is 46.5 Å². The molecule has 0 aromatic heterocycles. The summed E-state index contributed by atoms with van der Waals surface area (Å²) >= 11 is 6.15. The molecule has 3 atom stereocenters. The Morgan fingerprint density at radius 2 is 1.82 bits per heavy atom. The molecule has 1 N–H and O–H groups in total. The monoisotopic (exact) mass is 498 g/mol. The minimum atomic E-state index is -4.01. The Kier molecular flexibility index (Phi) is 7.73. The number of amides is 1. The summed E-state index contributed by atoms with van der Waals surface area (Å²) in [5, 5.41) is 2.28. The molecule has 3 rings (SSSR count). The molecule has 1 saturated heterocycles. The molecule has 0 saturated carbocycles. The second kappa shape index (κ2) is 10.2. The van der Waals surface area contributed by atoms with Gasteiger partial charge in [0.05, 0.1) is 28.5 Å². The minimum Gasteiger partial charge on any atom is -0.449 e. The summed E-state index contributed by atoms with van der Waals surface area (Å²) < 4.78 is 52.1. The Hall–Kier alpha value is -2.53. The Morgan fingerprint density at radius 1 is 1.18 bits per heavy atom. The van der Waals surface area contributed by atoms with Gasteiger partial charge in [-0.05, 0) is 51.1 Å². The second-order valence-corrected chi connectivity index (χ2v) is 10.1. The number of morpholine rings is 1. The number of nitrogens with one attached hydrogen (secondary N) is 1. The number of sulfonamides is 1. The average Bonchev–Trinajstić information content (AvgIpc) is 2.74. The zero-order chi connectivity index (χ0) is 24.3. The number of hydrogen-bond acceptors (Lipinski definition) is 6. The van der Waals surface area contributed by atoms with Crippen molar-refractivity contribution in [1.29, 1.82) is 0 Å². The number of nitrogens with zero attached hydrogens (tertiary/aromatic N) is 1. The van der Waals surface area contributed by atoms with E-state index in [4.69, 9.17) is 21.1 Å². The Morgan fingerprint density at radius 3 is 2.45 bits per heavy atom. The van der Waals surface area contributed by atoms with E-state index in [2.05, 4.69) is 5.32 Å². The summed E-state index contributed by atoms with van der Waals surface area (Å²) in [6.45, 7) is 5.14. The van der Waals surface area contributed by atoms with Gasteiger partial charge in [0, 0.05) is 13.1 Å². The van der Waals surface area contributed by atoms with Gasteiger partial charge in [-0.2, -0.15) is 4.31 Å². The number of para-hydroxylation sites is 1. The van der Waals surface area contributed by atoms with Crippen molar-refractivity contribution in [1.82, 2.24) is 4.31 Å². The molecule has 1 aliphatic rings. The molecule has 1 heterocycles. The van der Waals surface area contributed by atoms with Crippen molar-refractivity contribution < 1.29 is 31.9 Å². The van der Waals surface area contributed by atoms with E-state index in [1.165, 1.54) is 41.6 Å². The fourth-order valence-electron chi connectivity index (χ4n) is 3.37. The van der Waals surface area contributed by atoms with E-state index >= 15 is 0 Å². The third-order valence-electron chi connectivity index (χ3n) is 4.96. The van der Waals surface area contributed by atoms with Gasteiger partial charge >= 0.3 is 5.97 Å². The summed E-state index contributed by atoms with van der Waals surface area (Å²) in [5.74, 6) is -2.31. The molecular weight excluding hydrogens is 475 g/mol. The van der Waals surface area contributed by atoms with Crippen LogP contribution in [0.25, 0.3) is 0 Å². The first-order chi connectivity index (χ1) is 15.5. The van der Waals surface area contributed by atoms with Crippen LogP contribution >= 0.6 is 11.6 Å². The van der Waals surface area contributed by atoms with Crippen LogP contribution in [0.4, 0.5) is 10.1 Å². The maximum Gasteiger partial charge on any atom is 0.338 e. The minimum absolute atomic E-state index is 0.0521. The third kappa shape index (κ3) is 5.89. The summed E-state index contributed by atoms with van der Waals surface area (Å²) in [7, 11) is -4.01. The van der Waals surface area contributed by atoms with Crippen LogP contribution < -0.4 is 5.32 Å². The highest BCUT2D eigenvalue weighted by Crippen LogP contribution is 2.28. The van der Waals surface area contributed by atoms with E-state index in [1.807, 2.05) is 0 Å². The van der Waals surface area contributed by atoms with Crippen LogP contribution in [0.5, 0.6) is 0 Å². The molecule has 178 valence electrons. The molecule has 3 unspecified atom stereocenters. The number of rotatable bonds is 6. The predicted molar refractivity (Wildman–Crippen MR) is 120 cm³/mol. The summed E-state index contributed by atoms with van der Waals surface area (Å²) in [4.78, 5) is 24.6. The fraction of sp³-hybridized carbons (Fsp3) is 0.364. The summed E-state index contributed by atoms with van der Waals surface area (Å²) in [5.41, 5.74) is -0.155. The molecule has 2 aromatic rings. The van der Waals surface area contributed by atoms with Crippen molar-refractivity contribution in [3.8, 4) is 0 Å². The molecule has 1 aliphatic heterocycles. The number of halogens is 2. The molecule has 33 heavy (non-hydrogen) atoms. The number of ether oxygens (including phenoxy) is 2. The fourth-order valence-corrected chi connectivity index (χ4v) is 5.46. The van der Waals surface area contributed by atoms with Crippen LogP contribution in [0.15, 0.2) is 47.4 Å². The molecule has 0 aliphatic carbocycles. The van der Waals surface area contributed by atoms with Gasteiger partial charge in [0.2, 0.25) is 10.0 Å². The third-order valence-corrected chi connectivity index (χ3v) is 7.27. The number of hydrogen-bond donors (Lipinski definition) is 1. The van der Waals surface area contributed by atoms with E-state index in [0.717, 1.165) is 6.07 Å². The highest BCUT2D eigenvalue weighted by Gasteiger charge is 2.34. The number of benzene rings is 2. The quantitative estimate of drug-likeness (QED) is 0.612. The standard InChI is InChI=1S/C22H24ClFN2O6S/c1-13-11-26(12-14(2)31-13)33(29,30)20-10-16(8-9-17(20)23)22(28)32-15(3)21(27)25-19-7-5-4-6-18(19)24/h4-10,13-15H,11-12H2,1-3H3,(H,25,27). The van der Waals surface area contributed by atoms with E-state index in [1.54, 1.807) is 19.9 Å². The SMILES string of the molecule is CC1CN(S(=O)(=O)c2cc(C(=O)OC(C)C(=O)Nc3ccccc3F)ccc2Cl)CC(C)O1. The number of carbonyl (C=O) groups is 2. The Balaban J connectivity index is 1.76. The first-order valence-electron chi connectivity index (χ1n) is 10.2. The van der Waals surface area contributed by atoms with Crippen LogP contribution in [0.2, 0.25) is 5.02 Å². The topological polar surface area (TPSA) is 102 Å². The number of esters is 1. The Labute approximate surface area is 196 Å². The lowest BCUT2D eigenvalue weighted by Crippen LogP contribution is -2.48. The molecule has 0 spiro atoms. The lowest BCUT2D eigenvalue weighted by Gasteiger charge is -2.34. The van der Waals surface area contributed by atoms with E-state index in [9.17, 15) is 22.4 Å². The lowest BCUT2D eigenvalue weighted by molar-refractivity contribution is -0.123. The van der Waals surface area contributed by atoms with Gasteiger partial charge < -0.3 is 14.8 Å². The zero-order valence-electron chi connectivity index (χ0n) is 18.2. The largest absolute Gasteiger partial charge is 0.449 e. The maximum atomic E-state index is 13.7. The second-order valence-electron chi connectivity index (χ2n) is 7.74. The van der Waals surface area contributed by atoms with Crippen molar-refractivity contribution in [2.24, 2.45) is 0 Å². The van der Waals surface area contributed by atoms with Gasteiger partial charge in [-0.15, -0.1) is 0 Å². The molecule has 11 heteroatoms. The van der Waals surface area contributed by atoms with Crippen LogP contribution in [0.3, 0.4) is 0 Å². The number of anilines is 1. The van der Waals surface area contributed by atoms with Crippen LogP contribution in [-0.2, 0) is 24.3 Å². The molecule has 2 aromatic carbocycles. The van der Waals surface area contributed by atoms with Gasteiger partial charge in [-0.3, -0.25) is 4.79 Å². The van der Waals surface area contributed by atoms with Crippen LogP contribution in [0, 0.1) is 5.82 Å². The lowest BCUT2D eigenvalue weighted by atomic mass is 10.2. The normalized spacial score (nSPS) is 20.2. The molecule has 8 nitrogen and oxygen atoms in total.